The molecule has 1 aliphatic rings. The van der Waals surface area contributed by atoms with Crippen LogP contribution in [-0.2, 0) is 4.79 Å². The number of oxazole rings is 1. The molecule has 0 saturated carbocycles. The number of nitrogens with one attached hydrogen (secondary N) is 2. The van der Waals surface area contributed by atoms with Gasteiger partial charge in [0.05, 0.1) is 17.1 Å². The number of rotatable bonds is 5. The first-order valence-electron chi connectivity index (χ1n) is 10.9. The Bertz CT molecular complexity index is 1140. The lowest BCUT2D eigenvalue weighted by Crippen LogP contribution is -2.42. The highest BCUT2D eigenvalue weighted by Crippen LogP contribution is 2.28. The molecule has 4 aromatic rings. The van der Waals surface area contributed by atoms with Crippen LogP contribution in [0.15, 0.2) is 52.9 Å². The first-order valence-corrected chi connectivity index (χ1v) is 10.9. The summed E-state index contributed by atoms with van der Waals surface area (Å²) in [5.41, 5.74) is 3.57. The Morgan fingerprint density at radius 1 is 1.06 bits per heavy atom. The van der Waals surface area contributed by atoms with Crippen LogP contribution >= 0.6 is 0 Å². The number of hydrogen-bond acceptors (Lipinski definition) is 5. The molecule has 1 fully saturated rings. The van der Waals surface area contributed by atoms with Gasteiger partial charge in [0.1, 0.15) is 11.3 Å². The fourth-order valence-electron chi connectivity index (χ4n) is 4.27. The predicted octanol–water partition coefficient (Wildman–Crippen LogP) is 4.43. The topological polar surface area (TPSA) is 87.1 Å². The Morgan fingerprint density at radius 3 is 2.48 bits per heavy atom. The minimum Gasteiger partial charge on any atom is -0.423 e. The van der Waals surface area contributed by atoms with E-state index in [4.69, 9.17) is 9.40 Å². The minimum atomic E-state index is -0.144. The van der Waals surface area contributed by atoms with E-state index >= 15 is 0 Å². The summed E-state index contributed by atoms with van der Waals surface area (Å²) < 4.78 is 5.89. The Morgan fingerprint density at radius 2 is 1.77 bits per heavy atom. The number of amides is 1. The minimum absolute atomic E-state index is 0.0220. The number of benzene rings is 2. The quantitative estimate of drug-likeness (QED) is 0.501. The molecule has 1 unspecified atom stereocenters. The highest BCUT2D eigenvalue weighted by Gasteiger charge is 2.30. The Balaban J connectivity index is 1.24. The number of hydrogen-bond donors (Lipinski definition) is 2. The Labute approximate surface area is 180 Å². The van der Waals surface area contributed by atoms with Gasteiger partial charge in [0.2, 0.25) is 5.91 Å². The first kappa shape index (κ1) is 19.6. The van der Waals surface area contributed by atoms with Crippen molar-refractivity contribution < 1.29 is 9.21 Å². The number of para-hydroxylation sites is 4. The number of fused-ring (bicyclic) bond motifs is 2. The van der Waals surface area contributed by atoms with Crippen molar-refractivity contribution >= 4 is 34.1 Å². The van der Waals surface area contributed by atoms with Gasteiger partial charge in [-0.25, -0.2) is 4.98 Å². The molecular formula is C24H27N5O2. The number of aromatic amines is 1. The van der Waals surface area contributed by atoms with Crippen molar-refractivity contribution in [2.75, 3.05) is 18.0 Å². The predicted molar refractivity (Wildman–Crippen MR) is 121 cm³/mol. The van der Waals surface area contributed by atoms with E-state index in [0.29, 0.717) is 6.01 Å². The van der Waals surface area contributed by atoms with Gasteiger partial charge in [-0.3, -0.25) is 4.79 Å². The summed E-state index contributed by atoms with van der Waals surface area (Å²) in [7, 11) is 0. The number of imidazole rings is 1. The maximum Gasteiger partial charge on any atom is 0.298 e. The fourth-order valence-corrected chi connectivity index (χ4v) is 4.27. The van der Waals surface area contributed by atoms with Gasteiger partial charge in [0.15, 0.2) is 5.58 Å². The second-order valence-corrected chi connectivity index (χ2v) is 8.59. The van der Waals surface area contributed by atoms with Crippen molar-refractivity contribution in [3.63, 3.8) is 0 Å². The summed E-state index contributed by atoms with van der Waals surface area (Å²) in [5.74, 6) is 1.11. The van der Waals surface area contributed by atoms with E-state index in [1.165, 1.54) is 0 Å². The average Bonchev–Trinajstić information content (AvgIpc) is 3.41. The van der Waals surface area contributed by atoms with Crippen molar-refractivity contribution in [1.82, 2.24) is 20.3 Å². The summed E-state index contributed by atoms with van der Waals surface area (Å²) in [6.07, 6.45) is 1.55. The lowest BCUT2D eigenvalue weighted by Gasteiger charge is -2.31. The number of carbonyl (C=O) groups is 1. The van der Waals surface area contributed by atoms with Crippen molar-refractivity contribution in [1.29, 1.82) is 0 Å². The number of nitrogens with zero attached hydrogens (tertiary/aromatic N) is 3. The molecule has 3 heterocycles. The van der Waals surface area contributed by atoms with E-state index in [9.17, 15) is 4.79 Å². The molecule has 31 heavy (non-hydrogen) atoms. The highest BCUT2D eigenvalue weighted by molar-refractivity contribution is 5.80. The molecule has 2 N–H and O–H groups in total. The van der Waals surface area contributed by atoms with Crippen LogP contribution in [0.4, 0.5) is 6.01 Å². The van der Waals surface area contributed by atoms with Crippen LogP contribution in [0.1, 0.15) is 38.6 Å². The average molecular weight is 418 g/mol. The molecule has 1 aliphatic heterocycles. The Hall–Kier alpha value is -3.35. The van der Waals surface area contributed by atoms with E-state index in [2.05, 4.69) is 34.0 Å². The molecule has 7 heteroatoms. The zero-order valence-corrected chi connectivity index (χ0v) is 17.8. The van der Waals surface area contributed by atoms with Crippen molar-refractivity contribution in [3.8, 4) is 0 Å². The number of H-pyrrole nitrogens is 1. The number of piperidine rings is 1. The number of anilines is 1. The van der Waals surface area contributed by atoms with Crippen LogP contribution in [-0.4, -0.2) is 33.9 Å². The maximum atomic E-state index is 13.1. The van der Waals surface area contributed by atoms with E-state index < -0.39 is 0 Å². The van der Waals surface area contributed by atoms with Gasteiger partial charge in [0.25, 0.3) is 6.01 Å². The standard InChI is InChI=1S/C24H27N5O2/c1-15(2)21(22-25-17-7-3-4-8-18(17)26-22)28-23(30)16-11-13-29(14-12-16)24-27-19-9-5-6-10-20(19)31-24/h3-10,15-16,21H,11-14H2,1-2H3,(H,25,26)(H,28,30). The van der Waals surface area contributed by atoms with Crippen LogP contribution < -0.4 is 10.2 Å². The van der Waals surface area contributed by atoms with E-state index in [1.54, 1.807) is 0 Å². The second kappa shape index (κ2) is 8.06. The number of carbonyl (C=O) groups excluding carboxylic acids is 1. The zero-order valence-electron chi connectivity index (χ0n) is 17.8. The molecule has 7 nitrogen and oxygen atoms in total. The molecule has 0 aliphatic carbocycles. The summed E-state index contributed by atoms with van der Waals surface area (Å²) in [4.78, 5) is 27.9. The van der Waals surface area contributed by atoms with Gasteiger partial charge in [0, 0.05) is 19.0 Å². The van der Waals surface area contributed by atoms with Gasteiger partial charge < -0.3 is 19.6 Å². The molecule has 1 atom stereocenters. The molecule has 5 rings (SSSR count). The third-order valence-corrected chi connectivity index (χ3v) is 6.09. The van der Waals surface area contributed by atoms with Gasteiger partial charge in [-0.1, -0.05) is 38.1 Å². The zero-order chi connectivity index (χ0) is 21.4. The second-order valence-electron chi connectivity index (χ2n) is 8.59. The summed E-state index contributed by atoms with van der Waals surface area (Å²) in [5, 5.41) is 3.25. The van der Waals surface area contributed by atoms with E-state index in [-0.39, 0.29) is 23.8 Å². The molecule has 0 bridgehead atoms. The van der Waals surface area contributed by atoms with Crippen LogP contribution in [0.25, 0.3) is 22.1 Å². The van der Waals surface area contributed by atoms with Crippen molar-refractivity contribution in [2.24, 2.45) is 11.8 Å². The Kier molecular flexibility index (Phi) is 5.10. The summed E-state index contributed by atoms with van der Waals surface area (Å²) in [6.45, 7) is 5.71. The largest absolute Gasteiger partial charge is 0.423 e. The molecule has 2 aromatic heterocycles. The maximum absolute atomic E-state index is 13.1. The molecule has 0 spiro atoms. The molecule has 160 valence electrons. The van der Waals surface area contributed by atoms with Crippen molar-refractivity contribution in [2.45, 2.75) is 32.7 Å². The molecule has 1 saturated heterocycles. The summed E-state index contributed by atoms with van der Waals surface area (Å²) >= 11 is 0. The molecular weight excluding hydrogens is 390 g/mol. The fraction of sp³-hybridized carbons (Fsp3) is 0.375. The van der Waals surface area contributed by atoms with Crippen LogP contribution in [0.5, 0.6) is 0 Å². The number of aromatic nitrogens is 3. The third-order valence-electron chi connectivity index (χ3n) is 6.09. The first-order chi connectivity index (χ1) is 15.1. The van der Waals surface area contributed by atoms with Gasteiger partial charge in [-0.05, 0) is 43.0 Å². The molecule has 2 aromatic carbocycles. The smallest absolute Gasteiger partial charge is 0.298 e. The van der Waals surface area contributed by atoms with Gasteiger partial charge in [-0.15, -0.1) is 0 Å². The normalized spacial score (nSPS) is 16.3. The van der Waals surface area contributed by atoms with Gasteiger partial charge in [-0.2, -0.15) is 4.98 Å². The lowest BCUT2D eigenvalue weighted by molar-refractivity contribution is -0.126. The monoisotopic (exact) mass is 417 g/mol. The van der Waals surface area contributed by atoms with Crippen molar-refractivity contribution in [3.05, 3.63) is 54.4 Å². The third kappa shape index (κ3) is 3.87. The van der Waals surface area contributed by atoms with E-state index in [0.717, 1.165) is 53.9 Å². The molecule has 0 radical (unpaired) electrons. The summed E-state index contributed by atoms with van der Waals surface area (Å²) in [6, 6.07) is 16.2. The van der Waals surface area contributed by atoms with Crippen LogP contribution in [0, 0.1) is 11.8 Å². The van der Waals surface area contributed by atoms with Crippen LogP contribution in [0.2, 0.25) is 0 Å². The molecule has 1 amide bonds. The SMILES string of the molecule is CC(C)C(NC(=O)C1CCN(c2nc3ccccc3o2)CC1)c1nc2ccccc2[nH]1. The van der Waals surface area contributed by atoms with E-state index in [1.807, 2.05) is 48.5 Å². The highest BCUT2D eigenvalue weighted by atomic mass is 16.4. The van der Waals surface area contributed by atoms with Gasteiger partial charge >= 0.3 is 0 Å². The van der Waals surface area contributed by atoms with Crippen LogP contribution in [0.3, 0.4) is 0 Å². The lowest BCUT2D eigenvalue weighted by atomic mass is 9.94.